The van der Waals surface area contributed by atoms with Crippen molar-refractivity contribution in [2.24, 2.45) is 0 Å². The molecule has 19 heavy (non-hydrogen) atoms. The van der Waals surface area contributed by atoms with Gasteiger partial charge < -0.3 is 4.74 Å². The van der Waals surface area contributed by atoms with Crippen LogP contribution in [0.4, 0.5) is 0 Å². The molecule has 0 saturated heterocycles. The first-order valence-corrected chi connectivity index (χ1v) is 7.36. The van der Waals surface area contributed by atoms with Crippen molar-refractivity contribution in [3.63, 3.8) is 0 Å². The van der Waals surface area contributed by atoms with Gasteiger partial charge in [0.05, 0.1) is 5.60 Å². The van der Waals surface area contributed by atoms with Crippen LogP contribution < -0.4 is 0 Å². The average molecular weight is 297 g/mol. The highest BCUT2D eigenvalue weighted by Crippen LogP contribution is 2.31. The van der Waals surface area contributed by atoms with Crippen LogP contribution in [0, 0.1) is 0 Å². The van der Waals surface area contributed by atoms with Crippen LogP contribution >= 0.6 is 22.9 Å². The summed E-state index contributed by atoms with van der Waals surface area (Å²) >= 11 is 7.90. The number of benzene rings is 1. The highest BCUT2D eigenvalue weighted by molar-refractivity contribution is 7.11. The van der Waals surface area contributed by atoms with Crippen molar-refractivity contribution >= 4 is 22.9 Å². The summed E-state index contributed by atoms with van der Waals surface area (Å²) in [5.74, 6) is 0. The Morgan fingerprint density at radius 2 is 1.89 bits per heavy atom. The van der Waals surface area contributed by atoms with Crippen LogP contribution in [0.2, 0.25) is 0 Å². The minimum atomic E-state index is -0.248. The van der Waals surface area contributed by atoms with E-state index in [-0.39, 0.29) is 11.0 Å². The minimum absolute atomic E-state index is 0.175. The van der Waals surface area contributed by atoms with Gasteiger partial charge in [-0.1, -0.05) is 41.7 Å². The van der Waals surface area contributed by atoms with E-state index in [1.165, 1.54) is 11.3 Å². The maximum Gasteiger partial charge on any atom is 0.143 e. The lowest BCUT2D eigenvalue weighted by Crippen LogP contribution is -2.18. The summed E-state index contributed by atoms with van der Waals surface area (Å²) in [6.07, 6.45) is 0. The zero-order valence-corrected chi connectivity index (χ0v) is 12.8. The van der Waals surface area contributed by atoms with E-state index in [0.29, 0.717) is 6.61 Å². The summed E-state index contributed by atoms with van der Waals surface area (Å²) in [6, 6.07) is 9.88. The van der Waals surface area contributed by atoms with E-state index in [4.69, 9.17) is 16.3 Å². The molecule has 0 aliphatic rings. The second kappa shape index (κ2) is 5.99. The number of hydrogen-bond acceptors (Lipinski definition) is 4. The molecule has 1 atom stereocenters. The minimum Gasteiger partial charge on any atom is -0.369 e. The molecule has 0 spiro atoms. The van der Waals surface area contributed by atoms with Gasteiger partial charge in [-0.3, -0.25) is 0 Å². The third-order valence-electron chi connectivity index (χ3n) is 2.42. The maximum absolute atomic E-state index is 6.40. The van der Waals surface area contributed by atoms with Gasteiger partial charge in [0.25, 0.3) is 0 Å². The molecule has 102 valence electrons. The Hall–Kier alpha value is -0.970. The zero-order chi connectivity index (χ0) is 13.9. The van der Waals surface area contributed by atoms with Gasteiger partial charge in [0.15, 0.2) is 0 Å². The van der Waals surface area contributed by atoms with Gasteiger partial charge >= 0.3 is 0 Å². The third kappa shape index (κ3) is 4.27. The molecule has 0 N–H and O–H groups in total. The van der Waals surface area contributed by atoms with Crippen molar-refractivity contribution < 1.29 is 4.74 Å². The number of nitrogens with zero attached hydrogens (tertiary/aromatic N) is 2. The first-order valence-electron chi connectivity index (χ1n) is 6.11. The smallest absolute Gasteiger partial charge is 0.143 e. The molecule has 1 aromatic heterocycles. The first-order chi connectivity index (χ1) is 8.96. The van der Waals surface area contributed by atoms with Crippen molar-refractivity contribution in [3.8, 4) is 0 Å². The Labute approximate surface area is 122 Å². The first kappa shape index (κ1) is 14.4. The van der Waals surface area contributed by atoms with Crippen LogP contribution in [0.15, 0.2) is 30.3 Å². The highest BCUT2D eigenvalue weighted by atomic mass is 35.5. The van der Waals surface area contributed by atoms with Crippen LogP contribution in [0.1, 0.15) is 41.7 Å². The van der Waals surface area contributed by atoms with Gasteiger partial charge in [-0.05, 0) is 26.3 Å². The van der Waals surface area contributed by atoms with E-state index in [9.17, 15) is 0 Å². The average Bonchev–Trinajstić information content (AvgIpc) is 2.84. The van der Waals surface area contributed by atoms with Crippen LogP contribution in [0.25, 0.3) is 0 Å². The molecule has 0 amide bonds. The summed E-state index contributed by atoms with van der Waals surface area (Å²) in [5, 5.41) is 9.69. The number of rotatable bonds is 4. The Bertz CT molecular complexity index is 522. The summed E-state index contributed by atoms with van der Waals surface area (Å²) in [6.45, 7) is 6.52. The number of alkyl halides is 1. The van der Waals surface area contributed by atoms with Gasteiger partial charge in [0.2, 0.25) is 0 Å². The highest BCUT2D eigenvalue weighted by Gasteiger charge is 2.17. The second-order valence-electron chi connectivity index (χ2n) is 5.21. The van der Waals surface area contributed by atoms with Crippen LogP contribution in [0.5, 0.6) is 0 Å². The van der Waals surface area contributed by atoms with E-state index in [0.717, 1.165) is 15.6 Å². The van der Waals surface area contributed by atoms with Crippen molar-refractivity contribution in [2.45, 2.75) is 38.4 Å². The second-order valence-corrected chi connectivity index (χ2v) is 6.74. The molecule has 5 heteroatoms. The van der Waals surface area contributed by atoms with Gasteiger partial charge in [0, 0.05) is 0 Å². The molecule has 3 nitrogen and oxygen atoms in total. The van der Waals surface area contributed by atoms with Crippen LogP contribution in [-0.4, -0.2) is 15.8 Å². The van der Waals surface area contributed by atoms with Gasteiger partial charge in [0.1, 0.15) is 22.0 Å². The van der Waals surface area contributed by atoms with Crippen molar-refractivity contribution in [1.82, 2.24) is 10.2 Å². The maximum atomic E-state index is 6.40. The topological polar surface area (TPSA) is 35.0 Å². The van der Waals surface area contributed by atoms with E-state index >= 15 is 0 Å². The predicted octanol–water partition coefficient (Wildman–Crippen LogP) is 4.18. The Morgan fingerprint density at radius 1 is 1.21 bits per heavy atom. The molecule has 0 aliphatic heterocycles. The number of aromatic nitrogens is 2. The van der Waals surface area contributed by atoms with Gasteiger partial charge in [-0.15, -0.1) is 21.8 Å². The van der Waals surface area contributed by atoms with Gasteiger partial charge in [-0.2, -0.15) is 0 Å². The van der Waals surface area contributed by atoms with E-state index in [1.54, 1.807) is 0 Å². The SMILES string of the molecule is CC(C)(C)OCc1nnc(C(Cl)c2ccccc2)s1. The lowest BCUT2D eigenvalue weighted by Gasteiger charge is -2.17. The normalized spacial score (nSPS) is 13.5. The fraction of sp³-hybridized carbons (Fsp3) is 0.429. The molecule has 0 radical (unpaired) electrons. The molecule has 2 aromatic rings. The van der Waals surface area contributed by atoms with E-state index in [2.05, 4.69) is 10.2 Å². The largest absolute Gasteiger partial charge is 0.369 e. The quantitative estimate of drug-likeness (QED) is 0.794. The predicted molar refractivity (Wildman–Crippen MR) is 78.6 cm³/mol. The molecule has 0 bridgehead atoms. The zero-order valence-electron chi connectivity index (χ0n) is 11.3. The Kier molecular flexibility index (Phi) is 4.55. The monoisotopic (exact) mass is 296 g/mol. The fourth-order valence-corrected chi connectivity index (χ4v) is 2.56. The molecule has 1 heterocycles. The molecule has 2 rings (SSSR count). The molecular weight excluding hydrogens is 280 g/mol. The molecule has 0 saturated carbocycles. The molecule has 0 aliphatic carbocycles. The molecule has 1 aromatic carbocycles. The molecular formula is C14H17ClN2OS. The van der Waals surface area contributed by atoms with Crippen molar-refractivity contribution in [3.05, 3.63) is 45.9 Å². The van der Waals surface area contributed by atoms with Crippen molar-refractivity contribution in [2.75, 3.05) is 0 Å². The van der Waals surface area contributed by atoms with E-state index < -0.39 is 0 Å². The lowest BCUT2D eigenvalue weighted by molar-refractivity contribution is -0.0152. The Morgan fingerprint density at radius 3 is 2.53 bits per heavy atom. The third-order valence-corrected chi connectivity index (χ3v) is 3.97. The number of ether oxygens (including phenoxy) is 1. The summed E-state index contributed by atoms with van der Waals surface area (Å²) in [5.41, 5.74) is 0.856. The number of hydrogen-bond donors (Lipinski definition) is 0. The van der Waals surface area contributed by atoms with Crippen LogP contribution in [-0.2, 0) is 11.3 Å². The number of halogens is 1. The summed E-state index contributed by atoms with van der Waals surface area (Å²) in [4.78, 5) is 0. The molecule has 1 unspecified atom stereocenters. The Balaban J connectivity index is 2.05. The lowest BCUT2D eigenvalue weighted by atomic mass is 10.1. The van der Waals surface area contributed by atoms with E-state index in [1.807, 2.05) is 51.1 Å². The van der Waals surface area contributed by atoms with Crippen LogP contribution in [0.3, 0.4) is 0 Å². The van der Waals surface area contributed by atoms with Gasteiger partial charge in [-0.25, -0.2) is 0 Å². The van der Waals surface area contributed by atoms with Crippen molar-refractivity contribution in [1.29, 1.82) is 0 Å². The summed E-state index contributed by atoms with van der Waals surface area (Å²) < 4.78 is 5.68. The fourth-order valence-electron chi connectivity index (χ4n) is 1.47. The summed E-state index contributed by atoms with van der Waals surface area (Å²) in [7, 11) is 0. The standard InChI is InChI=1S/C14H17ClN2OS/c1-14(2,3)18-9-11-16-17-13(19-11)12(15)10-7-5-4-6-8-10/h4-8,12H,9H2,1-3H3. The molecule has 0 fully saturated rings.